The summed E-state index contributed by atoms with van der Waals surface area (Å²) in [4.78, 5) is 55.9. The predicted octanol–water partition coefficient (Wildman–Crippen LogP) is 4.03. The van der Waals surface area contributed by atoms with E-state index in [1.807, 2.05) is 6.07 Å². The minimum Gasteiger partial charge on any atom is -0.349 e. The zero-order chi connectivity index (χ0) is 23.6. The summed E-state index contributed by atoms with van der Waals surface area (Å²) in [6, 6.07) is 22.2. The molecule has 168 valence electrons. The van der Waals surface area contributed by atoms with Crippen molar-refractivity contribution < 1.29 is 23.9 Å². The van der Waals surface area contributed by atoms with E-state index in [-0.39, 0.29) is 17.7 Å². The topological polar surface area (TPSA) is 80.8 Å². The van der Waals surface area contributed by atoms with Gasteiger partial charge in [-0.25, -0.2) is 0 Å². The summed E-state index contributed by atoms with van der Waals surface area (Å²) < 4.78 is 6.24. The number of amides is 2. The molecule has 2 saturated heterocycles. The predicted molar refractivity (Wildman–Crippen MR) is 122 cm³/mol. The lowest BCUT2D eigenvalue weighted by Gasteiger charge is -2.27. The molecule has 2 aliphatic heterocycles. The molecule has 0 bridgehead atoms. The Morgan fingerprint density at radius 1 is 0.765 bits per heavy atom. The number of fused-ring (bicyclic) bond motifs is 3. The third-order valence-electron chi connectivity index (χ3n) is 6.99. The van der Waals surface area contributed by atoms with Crippen LogP contribution in [0.3, 0.4) is 0 Å². The molecule has 3 aromatic carbocycles. The molecular weight excluding hydrogens is 454 g/mol. The van der Waals surface area contributed by atoms with Crippen LogP contribution in [0, 0.1) is 11.8 Å². The zero-order valence-electron chi connectivity index (χ0n) is 17.8. The number of hydrogen-bond donors (Lipinski definition) is 0. The SMILES string of the molecule is O=C1[C@@H]2[C@@H](c3ccccc3)OC3(C(=O)c4ccccc4C3=O)[C@H]2C(=O)N1Cc1ccc(Cl)cc1. The minimum atomic E-state index is -2.05. The molecule has 0 saturated carbocycles. The summed E-state index contributed by atoms with van der Waals surface area (Å²) in [6.07, 6.45) is -0.903. The number of rotatable bonds is 3. The largest absolute Gasteiger partial charge is 0.349 e. The second-order valence-electron chi connectivity index (χ2n) is 8.78. The van der Waals surface area contributed by atoms with Gasteiger partial charge in [0.15, 0.2) is 0 Å². The van der Waals surface area contributed by atoms with Gasteiger partial charge in [0, 0.05) is 16.1 Å². The number of nitrogens with zero attached hydrogens (tertiary/aromatic N) is 1. The fraction of sp³-hybridized carbons (Fsp3) is 0.185. The smallest absolute Gasteiger partial charge is 0.237 e. The lowest BCUT2D eigenvalue weighted by molar-refractivity contribution is -0.145. The number of benzene rings is 3. The van der Waals surface area contributed by atoms with Gasteiger partial charge in [0.25, 0.3) is 0 Å². The number of likely N-dealkylation sites (tertiary alicyclic amines) is 1. The Kier molecular flexibility index (Phi) is 4.59. The van der Waals surface area contributed by atoms with Crippen LogP contribution < -0.4 is 0 Å². The summed E-state index contributed by atoms with van der Waals surface area (Å²) in [6.45, 7) is 0.0226. The highest BCUT2D eigenvalue weighted by atomic mass is 35.5. The van der Waals surface area contributed by atoms with Crippen molar-refractivity contribution in [2.75, 3.05) is 0 Å². The average molecular weight is 472 g/mol. The third kappa shape index (κ3) is 2.73. The van der Waals surface area contributed by atoms with Crippen LogP contribution in [0.5, 0.6) is 0 Å². The molecule has 6 rings (SSSR count). The second kappa shape index (κ2) is 7.45. The van der Waals surface area contributed by atoms with Crippen LogP contribution >= 0.6 is 11.6 Å². The van der Waals surface area contributed by atoms with Crippen LogP contribution in [0.4, 0.5) is 0 Å². The molecule has 0 N–H and O–H groups in total. The molecule has 0 unspecified atom stereocenters. The van der Waals surface area contributed by atoms with E-state index in [1.54, 1.807) is 72.8 Å². The normalized spacial score (nSPS) is 24.7. The van der Waals surface area contributed by atoms with Crippen LogP contribution in [0.2, 0.25) is 5.02 Å². The molecule has 2 fully saturated rings. The average Bonchev–Trinajstić information content (AvgIpc) is 3.42. The Morgan fingerprint density at radius 2 is 1.35 bits per heavy atom. The summed E-state index contributed by atoms with van der Waals surface area (Å²) in [5, 5.41) is 0.538. The first-order valence-corrected chi connectivity index (χ1v) is 11.3. The molecule has 2 amide bonds. The molecule has 3 aliphatic rings. The van der Waals surface area contributed by atoms with E-state index in [4.69, 9.17) is 16.3 Å². The zero-order valence-corrected chi connectivity index (χ0v) is 18.6. The first-order valence-electron chi connectivity index (χ1n) is 10.9. The Bertz CT molecular complexity index is 1330. The van der Waals surface area contributed by atoms with Crippen molar-refractivity contribution in [3.8, 4) is 0 Å². The van der Waals surface area contributed by atoms with Crippen LogP contribution in [-0.4, -0.2) is 33.9 Å². The summed E-state index contributed by atoms with van der Waals surface area (Å²) in [5.74, 6) is -4.36. The monoisotopic (exact) mass is 471 g/mol. The number of Topliss-reactive ketones (excluding diaryl/α,β-unsaturated/α-hetero) is 2. The van der Waals surface area contributed by atoms with Crippen molar-refractivity contribution in [2.24, 2.45) is 11.8 Å². The molecule has 34 heavy (non-hydrogen) atoms. The third-order valence-corrected chi connectivity index (χ3v) is 7.24. The lowest BCUT2D eigenvalue weighted by Crippen LogP contribution is -2.50. The quantitative estimate of drug-likeness (QED) is 0.425. The minimum absolute atomic E-state index is 0.0226. The van der Waals surface area contributed by atoms with Crippen LogP contribution in [-0.2, 0) is 20.9 Å². The van der Waals surface area contributed by atoms with Crippen molar-refractivity contribution in [3.63, 3.8) is 0 Å². The van der Waals surface area contributed by atoms with Gasteiger partial charge in [-0.3, -0.25) is 24.1 Å². The van der Waals surface area contributed by atoms with Crippen LogP contribution in [0.25, 0.3) is 0 Å². The molecule has 6 nitrogen and oxygen atoms in total. The van der Waals surface area contributed by atoms with E-state index in [1.165, 1.54) is 0 Å². The number of ether oxygens (including phenoxy) is 1. The number of imide groups is 1. The van der Waals surface area contributed by atoms with Gasteiger partial charge in [-0.15, -0.1) is 0 Å². The molecule has 0 radical (unpaired) electrons. The van der Waals surface area contributed by atoms with E-state index in [0.717, 1.165) is 4.90 Å². The van der Waals surface area contributed by atoms with Gasteiger partial charge in [0.1, 0.15) is 0 Å². The highest BCUT2D eigenvalue weighted by molar-refractivity contribution is 6.35. The van der Waals surface area contributed by atoms with Gasteiger partial charge in [0.05, 0.1) is 24.5 Å². The Labute approximate surface area is 200 Å². The molecule has 2 heterocycles. The van der Waals surface area contributed by atoms with Gasteiger partial charge in [-0.05, 0) is 23.3 Å². The highest BCUT2D eigenvalue weighted by Gasteiger charge is 2.74. The number of carbonyl (C=O) groups excluding carboxylic acids is 4. The van der Waals surface area contributed by atoms with Crippen molar-refractivity contribution in [1.29, 1.82) is 0 Å². The Balaban J connectivity index is 1.48. The molecular formula is C27H18ClNO5. The van der Waals surface area contributed by atoms with Crippen molar-refractivity contribution in [3.05, 3.63) is 106 Å². The maximum Gasteiger partial charge on any atom is 0.237 e. The van der Waals surface area contributed by atoms with E-state index >= 15 is 0 Å². The Morgan fingerprint density at radius 3 is 1.97 bits per heavy atom. The first kappa shape index (κ1) is 21.0. The number of carbonyl (C=O) groups is 4. The van der Waals surface area contributed by atoms with Crippen LogP contribution in [0.1, 0.15) is 37.9 Å². The van der Waals surface area contributed by atoms with Gasteiger partial charge in [0.2, 0.25) is 29.0 Å². The lowest BCUT2D eigenvalue weighted by atomic mass is 9.77. The summed E-state index contributed by atoms with van der Waals surface area (Å²) in [5.41, 5.74) is -0.256. The highest BCUT2D eigenvalue weighted by Crippen LogP contribution is 2.57. The maximum atomic E-state index is 13.7. The number of hydrogen-bond acceptors (Lipinski definition) is 5. The molecule has 3 atom stereocenters. The van der Waals surface area contributed by atoms with Gasteiger partial charge < -0.3 is 4.74 Å². The van der Waals surface area contributed by atoms with E-state index in [2.05, 4.69) is 0 Å². The maximum absolute atomic E-state index is 13.7. The molecule has 3 aromatic rings. The molecule has 1 aliphatic carbocycles. The van der Waals surface area contributed by atoms with Gasteiger partial charge >= 0.3 is 0 Å². The fourth-order valence-corrected chi connectivity index (χ4v) is 5.57. The van der Waals surface area contributed by atoms with Crippen molar-refractivity contribution in [2.45, 2.75) is 18.2 Å². The van der Waals surface area contributed by atoms with Gasteiger partial charge in [-0.1, -0.05) is 78.3 Å². The van der Waals surface area contributed by atoms with Crippen LogP contribution in [0.15, 0.2) is 78.9 Å². The first-order chi connectivity index (χ1) is 16.4. The molecule has 7 heteroatoms. The fourth-order valence-electron chi connectivity index (χ4n) is 5.45. The van der Waals surface area contributed by atoms with Crippen molar-refractivity contribution >= 4 is 35.0 Å². The van der Waals surface area contributed by atoms with E-state index < -0.39 is 46.9 Å². The van der Waals surface area contributed by atoms with Gasteiger partial charge in [-0.2, -0.15) is 0 Å². The molecule has 1 spiro atoms. The Hall–Kier alpha value is -3.61. The molecule has 0 aromatic heterocycles. The van der Waals surface area contributed by atoms with Crippen molar-refractivity contribution in [1.82, 2.24) is 4.90 Å². The van der Waals surface area contributed by atoms with E-state index in [0.29, 0.717) is 16.1 Å². The standard InChI is InChI=1S/C27H18ClNO5/c28-17-12-10-15(11-13-17)14-29-25(32)20-21(26(29)33)27(34-22(20)16-6-2-1-3-7-16)23(30)18-8-4-5-9-19(18)24(27)31/h1-13,20-22H,14H2/t20-,21+,22+/m0/s1. The number of halogens is 1. The van der Waals surface area contributed by atoms with E-state index in [9.17, 15) is 19.2 Å². The number of ketones is 2. The summed E-state index contributed by atoms with van der Waals surface area (Å²) in [7, 11) is 0. The summed E-state index contributed by atoms with van der Waals surface area (Å²) >= 11 is 5.97. The second-order valence-corrected chi connectivity index (χ2v) is 9.22.